The van der Waals surface area contributed by atoms with Gasteiger partial charge in [0.25, 0.3) is 0 Å². The van der Waals surface area contributed by atoms with Gasteiger partial charge in [0.2, 0.25) is 0 Å². The summed E-state index contributed by atoms with van der Waals surface area (Å²) in [5.74, 6) is -1.02. The van der Waals surface area contributed by atoms with E-state index in [1.165, 1.54) is 23.8 Å². The summed E-state index contributed by atoms with van der Waals surface area (Å²) in [5, 5.41) is 8.64. The number of carbonyl (C=O) groups is 1. The first-order valence-corrected chi connectivity index (χ1v) is 6.13. The molecule has 0 aliphatic rings. The molecule has 21 heavy (non-hydrogen) atoms. The lowest BCUT2D eigenvalue weighted by Gasteiger charge is -2.13. The topological polar surface area (TPSA) is 59.3 Å². The highest BCUT2D eigenvalue weighted by Crippen LogP contribution is 2.30. The monoisotopic (exact) mass is 299 g/mol. The predicted octanol–water partition coefficient (Wildman–Crippen LogP) is 2.80. The number of benzene rings is 1. The molecular formula is C14H12F3NO3. The van der Waals surface area contributed by atoms with Crippen LogP contribution in [0.1, 0.15) is 17.5 Å². The van der Waals surface area contributed by atoms with Crippen LogP contribution in [0.25, 0.3) is 10.9 Å². The van der Waals surface area contributed by atoms with Crippen LogP contribution in [-0.4, -0.2) is 15.6 Å². The molecule has 0 saturated carbocycles. The molecule has 0 fully saturated rings. The van der Waals surface area contributed by atoms with Gasteiger partial charge in [0.05, 0.1) is 17.5 Å². The summed E-state index contributed by atoms with van der Waals surface area (Å²) in [4.78, 5) is 22.6. The third-order valence-corrected chi connectivity index (χ3v) is 3.15. The average Bonchev–Trinajstić information content (AvgIpc) is 2.39. The van der Waals surface area contributed by atoms with E-state index in [2.05, 4.69) is 0 Å². The molecule has 7 heteroatoms. The molecule has 1 aromatic heterocycles. The highest BCUT2D eigenvalue weighted by Gasteiger charge is 2.30. The molecule has 1 heterocycles. The number of halogens is 3. The van der Waals surface area contributed by atoms with Crippen LogP contribution in [0.15, 0.2) is 29.2 Å². The first-order chi connectivity index (χ1) is 9.70. The number of carboxylic acid groups (broad SMARTS) is 1. The first kappa shape index (κ1) is 15.1. The van der Waals surface area contributed by atoms with Crippen LogP contribution < -0.4 is 5.43 Å². The van der Waals surface area contributed by atoms with E-state index < -0.39 is 23.1 Å². The number of hydrogen-bond donors (Lipinski definition) is 1. The number of hydrogen-bond acceptors (Lipinski definition) is 2. The van der Waals surface area contributed by atoms with E-state index >= 15 is 0 Å². The minimum Gasteiger partial charge on any atom is -0.481 e. The van der Waals surface area contributed by atoms with Gasteiger partial charge >= 0.3 is 12.1 Å². The van der Waals surface area contributed by atoms with Crippen LogP contribution in [0.4, 0.5) is 13.2 Å². The standard InChI is InChI=1S/C14H12F3NO3/c1-8-7-18(5-4-12(19)20)11-3-2-9(14(15,16)17)6-10(11)13(8)21/h2-3,6-7H,4-5H2,1H3,(H,19,20). The van der Waals surface area contributed by atoms with Gasteiger partial charge in [0, 0.05) is 23.7 Å². The average molecular weight is 299 g/mol. The summed E-state index contributed by atoms with van der Waals surface area (Å²) < 4.78 is 39.6. The van der Waals surface area contributed by atoms with Crippen LogP contribution in [0.3, 0.4) is 0 Å². The summed E-state index contributed by atoms with van der Waals surface area (Å²) in [6.07, 6.45) is -3.25. The molecule has 1 aromatic carbocycles. The van der Waals surface area contributed by atoms with Gasteiger partial charge in [-0.15, -0.1) is 0 Å². The number of aryl methyl sites for hydroxylation is 2. The summed E-state index contributed by atoms with van der Waals surface area (Å²) >= 11 is 0. The van der Waals surface area contributed by atoms with Gasteiger partial charge in [-0.3, -0.25) is 9.59 Å². The number of pyridine rings is 1. The van der Waals surface area contributed by atoms with Crippen LogP contribution in [0, 0.1) is 6.92 Å². The van der Waals surface area contributed by atoms with Gasteiger partial charge in [-0.25, -0.2) is 0 Å². The van der Waals surface area contributed by atoms with E-state index in [1.54, 1.807) is 0 Å². The maximum absolute atomic E-state index is 12.7. The number of rotatable bonds is 3. The minimum absolute atomic E-state index is 0.0600. The second-order valence-corrected chi connectivity index (χ2v) is 4.71. The highest BCUT2D eigenvalue weighted by molar-refractivity contribution is 5.80. The highest BCUT2D eigenvalue weighted by atomic mass is 19.4. The van der Waals surface area contributed by atoms with E-state index in [-0.39, 0.29) is 23.9 Å². The van der Waals surface area contributed by atoms with E-state index in [1.807, 2.05) is 0 Å². The quantitative estimate of drug-likeness (QED) is 0.948. The van der Waals surface area contributed by atoms with Gasteiger partial charge in [-0.2, -0.15) is 13.2 Å². The van der Waals surface area contributed by atoms with Crippen molar-refractivity contribution in [1.29, 1.82) is 0 Å². The lowest BCUT2D eigenvalue weighted by molar-refractivity contribution is -0.138. The van der Waals surface area contributed by atoms with Crippen molar-refractivity contribution < 1.29 is 23.1 Å². The zero-order valence-electron chi connectivity index (χ0n) is 11.1. The Balaban J connectivity index is 2.65. The molecule has 0 spiro atoms. The van der Waals surface area contributed by atoms with Crippen LogP contribution in [0.2, 0.25) is 0 Å². The van der Waals surface area contributed by atoms with Crippen molar-refractivity contribution in [3.63, 3.8) is 0 Å². The number of aromatic nitrogens is 1. The minimum atomic E-state index is -4.53. The van der Waals surface area contributed by atoms with Gasteiger partial charge in [-0.1, -0.05) is 0 Å². The fourth-order valence-electron chi connectivity index (χ4n) is 2.12. The zero-order chi connectivity index (χ0) is 15.8. The lowest BCUT2D eigenvalue weighted by atomic mass is 10.1. The molecule has 4 nitrogen and oxygen atoms in total. The van der Waals surface area contributed by atoms with E-state index in [9.17, 15) is 22.8 Å². The Kier molecular flexibility index (Phi) is 3.76. The van der Waals surface area contributed by atoms with Crippen molar-refractivity contribution >= 4 is 16.9 Å². The van der Waals surface area contributed by atoms with Crippen molar-refractivity contribution in [2.24, 2.45) is 0 Å². The van der Waals surface area contributed by atoms with Crippen LogP contribution in [0.5, 0.6) is 0 Å². The summed E-state index contributed by atoms with van der Waals surface area (Å²) in [5.41, 5.74) is -0.822. The van der Waals surface area contributed by atoms with E-state index in [0.29, 0.717) is 5.52 Å². The second-order valence-electron chi connectivity index (χ2n) is 4.71. The Bertz CT molecular complexity index is 762. The molecule has 0 unspecified atom stereocenters. The van der Waals surface area contributed by atoms with Crippen LogP contribution in [-0.2, 0) is 17.5 Å². The van der Waals surface area contributed by atoms with E-state index in [0.717, 1.165) is 12.1 Å². The molecule has 0 aliphatic heterocycles. The summed E-state index contributed by atoms with van der Waals surface area (Å²) in [7, 11) is 0. The lowest BCUT2D eigenvalue weighted by Crippen LogP contribution is -2.15. The zero-order valence-corrected chi connectivity index (χ0v) is 11.1. The molecule has 112 valence electrons. The second kappa shape index (κ2) is 5.23. The third-order valence-electron chi connectivity index (χ3n) is 3.15. The Morgan fingerprint density at radius 3 is 2.57 bits per heavy atom. The molecule has 0 saturated heterocycles. The number of fused-ring (bicyclic) bond motifs is 1. The Morgan fingerprint density at radius 1 is 1.33 bits per heavy atom. The SMILES string of the molecule is Cc1cn(CCC(=O)O)c2ccc(C(F)(F)F)cc2c1=O. The summed E-state index contributed by atoms with van der Waals surface area (Å²) in [6, 6.07) is 2.89. The summed E-state index contributed by atoms with van der Waals surface area (Å²) in [6.45, 7) is 1.57. The maximum atomic E-state index is 12.7. The fourth-order valence-corrected chi connectivity index (χ4v) is 2.12. The molecule has 0 bridgehead atoms. The Morgan fingerprint density at radius 2 is 2.00 bits per heavy atom. The van der Waals surface area contributed by atoms with Crippen molar-refractivity contribution in [2.45, 2.75) is 26.1 Å². The molecule has 0 aliphatic carbocycles. The Labute approximate surface area is 117 Å². The number of nitrogens with zero attached hydrogens (tertiary/aromatic N) is 1. The van der Waals surface area contributed by atoms with Crippen LogP contribution >= 0.6 is 0 Å². The molecule has 0 atom stereocenters. The molecule has 1 N–H and O–H groups in total. The molecule has 2 rings (SSSR count). The van der Waals surface area contributed by atoms with Gasteiger partial charge in [0.1, 0.15) is 0 Å². The van der Waals surface area contributed by atoms with E-state index in [4.69, 9.17) is 5.11 Å². The van der Waals surface area contributed by atoms with Gasteiger partial charge in [-0.05, 0) is 25.1 Å². The van der Waals surface area contributed by atoms with Crippen molar-refractivity contribution in [3.05, 3.63) is 45.7 Å². The smallest absolute Gasteiger partial charge is 0.416 e. The predicted molar refractivity (Wildman–Crippen MR) is 70.2 cm³/mol. The van der Waals surface area contributed by atoms with Crippen molar-refractivity contribution in [1.82, 2.24) is 4.57 Å². The van der Waals surface area contributed by atoms with Gasteiger partial charge in [0.15, 0.2) is 5.43 Å². The Hall–Kier alpha value is -2.31. The van der Waals surface area contributed by atoms with Crippen molar-refractivity contribution in [3.8, 4) is 0 Å². The van der Waals surface area contributed by atoms with Crippen molar-refractivity contribution in [2.75, 3.05) is 0 Å². The first-order valence-electron chi connectivity index (χ1n) is 6.13. The maximum Gasteiger partial charge on any atom is 0.416 e. The molecule has 0 radical (unpaired) electrons. The fraction of sp³-hybridized carbons (Fsp3) is 0.286. The molecular weight excluding hydrogens is 287 g/mol. The number of carboxylic acids is 1. The molecule has 2 aromatic rings. The molecule has 0 amide bonds. The van der Waals surface area contributed by atoms with Gasteiger partial charge < -0.3 is 9.67 Å². The third kappa shape index (κ3) is 3.07. The normalized spacial score (nSPS) is 11.8. The number of aliphatic carboxylic acids is 1. The largest absolute Gasteiger partial charge is 0.481 e. The number of alkyl halides is 3.